The van der Waals surface area contributed by atoms with Gasteiger partial charge < -0.3 is 39.7 Å². The van der Waals surface area contributed by atoms with Crippen LogP contribution in [-0.4, -0.2) is 92.3 Å². The zero-order chi connectivity index (χ0) is 28.2. The van der Waals surface area contributed by atoms with Crippen LogP contribution < -0.4 is 0 Å². The molecule has 3 aliphatic carbocycles. The molecule has 0 unspecified atom stereocenters. The van der Waals surface area contributed by atoms with Crippen molar-refractivity contribution in [2.24, 2.45) is 22.7 Å². The summed E-state index contributed by atoms with van der Waals surface area (Å²) in [6, 6.07) is 0. The molecule has 0 aliphatic heterocycles. The predicted octanol–water partition coefficient (Wildman–Crippen LogP) is -0.01000. The van der Waals surface area contributed by atoms with Crippen molar-refractivity contribution in [1.29, 1.82) is 0 Å². The molecule has 11 nitrogen and oxygen atoms in total. The van der Waals surface area contributed by atoms with Gasteiger partial charge in [0.05, 0.1) is 34.7 Å². The Labute approximate surface area is 216 Å². The zero-order valence-electron chi connectivity index (χ0n) is 22.4. The van der Waals surface area contributed by atoms with Crippen molar-refractivity contribution in [2.45, 2.75) is 104 Å². The van der Waals surface area contributed by atoms with Crippen LogP contribution in [0.15, 0.2) is 11.1 Å². The number of esters is 3. The first-order valence-corrected chi connectivity index (χ1v) is 12.5. The molecule has 0 bridgehead atoms. The lowest BCUT2D eigenvalue weighted by Gasteiger charge is -2.57. The highest BCUT2D eigenvalue weighted by Gasteiger charge is 2.73. The van der Waals surface area contributed by atoms with Gasteiger partial charge in [0.15, 0.2) is 12.2 Å². The van der Waals surface area contributed by atoms with Gasteiger partial charge in [0.1, 0.15) is 6.10 Å². The van der Waals surface area contributed by atoms with Crippen molar-refractivity contribution in [3.05, 3.63) is 11.1 Å². The minimum Gasteiger partial charge on any atom is -0.462 e. The van der Waals surface area contributed by atoms with E-state index in [1.54, 1.807) is 13.8 Å². The Bertz CT molecular complexity index is 968. The molecule has 3 aliphatic rings. The second-order valence-corrected chi connectivity index (χ2v) is 11.5. The molecule has 11 heteroatoms. The first kappa shape index (κ1) is 29.5. The lowest BCUT2D eigenvalue weighted by Crippen LogP contribution is -2.66. The average Bonchev–Trinajstić information content (AvgIpc) is 3.00. The number of rotatable bonds is 5. The first-order valence-electron chi connectivity index (χ1n) is 12.5. The van der Waals surface area contributed by atoms with Crippen LogP contribution >= 0.6 is 0 Å². The van der Waals surface area contributed by atoms with Gasteiger partial charge in [0.2, 0.25) is 0 Å². The van der Waals surface area contributed by atoms with Gasteiger partial charge in [-0.3, -0.25) is 14.4 Å². The van der Waals surface area contributed by atoms with Crippen LogP contribution in [-0.2, 0) is 28.6 Å². The number of carbonyl (C=O) groups excluding carboxylic acids is 3. The molecule has 0 saturated heterocycles. The van der Waals surface area contributed by atoms with E-state index in [0.29, 0.717) is 5.57 Å². The van der Waals surface area contributed by atoms with Crippen LogP contribution in [0.1, 0.15) is 61.3 Å². The summed E-state index contributed by atoms with van der Waals surface area (Å²) in [6.45, 7) is 8.98. The van der Waals surface area contributed by atoms with Crippen LogP contribution in [0.4, 0.5) is 0 Å². The van der Waals surface area contributed by atoms with E-state index in [1.807, 2.05) is 0 Å². The monoisotopic (exact) mass is 528 g/mol. The molecule has 0 spiro atoms. The Balaban J connectivity index is 2.50. The highest BCUT2D eigenvalue weighted by molar-refractivity contribution is 5.69. The van der Waals surface area contributed by atoms with Crippen LogP contribution in [0.25, 0.3) is 0 Å². The van der Waals surface area contributed by atoms with Gasteiger partial charge in [-0.1, -0.05) is 6.92 Å². The molecule has 0 heterocycles. The summed E-state index contributed by atoms with van der Waals surface area (Å²) in [5, 5.41) is 56.3. The van der Waals surface area contributed by atoms with E-state index in [2.05, 4.69) is 0 Å². The summed E-state index contributed by atoms with van der Waals surface area (Å²) < 4.78 is 17.2. The van der Waals surface area contributed by atoms with Gasteiger partial charge in [-0.2, -0.15) is 0 Å². The van der Waals surface area contributed by atoms with E-state index in [9.17, 15) is 39.9 Å². The molecule has 3 rings (SSSR count). The molecule has 0 aromatic rings. The van der Waals surface area contributed by atoms with Gasteiger partial charge in [-0.15, -0.1) is 0 Å². The Morgan fingerprint density at radius 1 is 1.00 bits per heavy atom. The third-order valence-corrected chi connectivity index (χ3v) is 8.96. The smallest absolute Gasteiger partial charge is 0.303 e. The molecule has 0 aromatic heterocycles. The van der Waals surface area contributed by atoms with Crippen molar-refractivity contribution < 1.29 is 54.1 Å². The molecule has 37 heavy (non-hydrogen) atoms. The molecule has 0 radical (unpaired) electrons. The Morgan fingerprint density at radius 3 is 2.00 bits per heavy atom. The van der Waals surface area contributed by atoms with Crippen molar-refractivity contribution in [3.8, 4) is 0 Å². The largest absolute Gasteiger partial charge is 0.462 e. The number of hydrogen-bond acceptors (Lipinski definition) is 11. The molecular formula is C26H40O11. The average molecular weight is 529 g/mol. The molecule has 10 atom stereocenters. The maximum Gasteiger partial charge on any atom is 0.303 e. The standard InChI is InChI=1S/C26H40O11/c1-11-17(32)9-26(24(5,6)34)19(11)21(36-13(3)29)23(37-14(4)30)25(7)18(35-12(2)28)8-16(31)15(10-27)20(25)22(26)33/h15-18,20-23,27,31-34H,8-10H2,1-7H3/t15-,16+,17+,18+,20+,21-,22+,23+,25-,26+/m1/s1. The summed E-state index contributed by atoms with van der Waals surface area (Å²) in [5.74, 6) is -4.33. The number of hydrogen-bond donors (Lipinski definition) is 5. The fourth-order valence-corrected chi connectivity index (χ4v) is 7.37. The normalized spacial score (nSPS) is 41.8. The quantitative estimate of drug-likeness (QED) is 0.184. The van der Waals surface area contributed by atoms with E-state index < -0.39 is 89.4 Å². The van der Waals surface area contributed by atoms with Gasteiger partial charge >= 0.3 is 17.9 Å². The Kier molecular flexibility index (Phi) is 7.91. The molecule has 5 N–H and O–H groups in total. The molecular weight excluding hydrogens is 488 g/mol. The van der Waals surface area contributed by atoms with Gasteiger partial charge in [-0.25, -0.2) is 0 Å². The number of ether oxygens (including phenoxy) is 3. The topological polar surface area (TPSA) is 180 Å². The second kappa shape index (κ2) is 9.92. The van der Waals surface area contributed by atoms with E-state index in [1.165, 1.54) is 20.8 Å². The number of carbonyl (C=O) groups is 3. The fourth-order valence-electron chi connectivity index (χ4n) is 7.37. The van der Waals surface area contributed by atoms with Crippen molar-refractivity contribution >= 4 is 17.9 Å². The van der Waals surface area contributed by atoms with Crippen LogP contribution in [0.5, 0.6) is 0 Å². The zero-order valence-corrected chi connectivity index (χ0v) is 22.4. The lowest BCUT2D eigenvalue weighted by atomic mass is 9.52. The van der Waals surface area contributed by atoms with Crippen molar-refractivity contribution in [3.63, 3.8) is 0 Å². The predicted molar refractivity (Wildman–Crippen MR) is 128 cm³/mol. The molecule has 2 saturated carbocycles. The first-order chi connectivity index (χ1) is 16.9. The third kappa shape index (κ3) is 4.48. The number of aliphatic hydroxyl groups excluding tert-OH is 4. The van der Waals surface area contributed by atoms with E-state index >= 15 is 0 Å². The molecule has 210 valence electrons. The van der Waals surface area contributed by atoms with Crippen LogP contribution in [0.2, 0.25) is 0 Å². The minimum atomic E-state index is -1.73. The summed E-state index contributed by atoms with van der Waals surface area (Å²) in [6.07, 6.45) is -8.14. The van der Waals surface area contributed by atoms with Crippen molar-refractivity contribution in [1.82, 2.24) is 0 Å². The Hall–Kier alpha value is -2.05. The van der Waals surface area contributed by atoms with E-state index in [4.69, 9.17) is 14.2 Å². The van der Waals surface area contributed by atoms with Gasteiger partial charge in [-0.05, 0) is 38.3 Å². The lowest BCUT2D eigenvalue weighted by molar-refractivity contribution is -0.240. The molecule has 0 amide bonds. The number of fused-ring (bicyclic) bond motifs is 2. The SMILES string of the molecule is CC(=O)O[C@@H]1C2=C(C)[C@@H](O)C[C@@]2(C(C)(C)O)[C@@H](O)[C@@H]2[C@H](CO)[C@@H](O)C[C@H](OC(C)=O)[C@@]2(C)[C@H]1OC(C)=O. The van der Waals surface area contributed by atoms with Crippen LogP contribution in [0, 0.1) is 22.7 Å². The summed E-state index contributed by atoms with van der Waals surface area (Å²) >= 11 is 0. The van der Waals surface area contributed by atoms with Crippen LogP contribution in [0.3, 0.4) is 0 Å². The third-order valence-electron chi connectivity index (χ3n) is 8.96. The minimum absolute atomic E-state index is 0.148. The second-order valence-electron chi connectivity index (χ2n) is 11.5. The maximum absolute atomic E-state index is 12.5. The summed E-state index contributed by atoms with van der Waals surface area (Å²) in [4.78, 5) is 37.1. The fraction of sp³-hybridized carbons (Fsp3) is 0.808. The molecule has 2 fully saturated rings. The van der Waals surface area contributed by atoms with E-state index in [-0.39, 0.29) is 18.4 Å². The maximum atomic E-state index is 12.5. The number of aliphatic hydroxyl groups is 5. The molecule has 0 aromatic carbocycles. The van der Waals surface area contributed by atoms with Gasteiger partial charge in [0.25, 0.3) is 0 Å². The van der Waals surface area contributed by atoms with E-state index in [0.717, 1.165) is 13.8 Å². The summed E-state index contributed by atoms with van der Waals surface area (Å²) in [5.41, 5.74) is -4.36. The Morgan fingerprint density at radius 2 is 1.54 bits per heavy atom. The summed E-state index contributed by atoms with van der Waals surface area (Å²) in [7, 11) is 0. The van der Waals surface area contributed by atoms with Gasteiger partial charge in [0, 0.05) is 45.6 Å². The highest BCUT2D eigenvalue weighted by Crippen LogP contribution is 2.65. The highest BCUT2D eigenvalue weighted by atomic mass is 16.6. The van der Waals surface area contributed by atoms with Crippen molar-refractivity contribution in [2.75, 3.05) is 6.61 Å².